The standard InChI is InChI=1S/C17H31NO/c1-3-19-17-9-7-15(8-10-17)5-4-6-16-11-13-18(2)14-12-16/h7,9,15-17H,3-6,8,10-14H2,1-2H3. The Balaban J connectivity index is 1.58. The van der Waals surface area contributed by atoms with E-state index in [0.717, 1.165) is 18.4 Å². The van der Waals surface area contributed by atoms with Gasteiger partial charge in [0.2, 0.25) is 0 Å². The van der Waals surface area contributed by atoms with Crippen molar-refractivity contribution in [2.75, 3.05) is 26.7 Å². The van der Waals surface area contributed by atoms with Gasteiger partial charge < -0.3 is 9.64 Å². The van der Waals surface area contributed by atoms with Crippen LogP contribution in [0.5, 0.6) is 0 Å². The fraction of sp³-hybridized carbons (Fsp3) is 0.882. The molecule has 1 fully saturated rings. The lowest BCUT2D eigenvalue weighted by Gasteiger charge is -2.29. The predicted molar refractivity (Wildman–Crippen MR) is 81.4 cm³/mol. The van der Waals surface area contributed by atoms with Gasteiger partial charge in [0.05, 0.1) is 6.10 Å². The number of likely N-dealkylation sites (tertiary alicyclic amines) is 1. The second-order valence-corrected chi connectivity index (χ2v) is 6.39. The summed E-state index contributed by atoms with van der Waals surface area (Å²) in [5.74, 6) is 1.82. The second-order valence-electron chi connectivity index (χ2n) is 6.39. The fourth-order valence-corrected chi connectivity index (χ4v) is 3.46. The average Bonchev–Trinajstić information content (AvgIpc) is 2.43. The van der Waals surface area contributed by atoms with E-state index in [1.165, 1.54) is 58.0 Å². The predicted octanol–water partition coefficient (Wildman–Crippen LogP) is 3.87. The summed E-state index contributed by atoms with van der Waals surface area (Å²) >= 11 is 0. The van der Waals surface area contributed by atoms with Gasteiger partial charge in [0.15, 0.2) is 0 Å². The van der Waals surface area contributed by atoms with Gasteiger partial charge in [0.1, 0.15) is 0 Å². The first-order chi connectivity index (χ1) is 9.28. The molecule has 0 N–H and O–H groups in total. The molecular weight excluding hydrogens is 234 g/mol. The highest BCUT2D eigenvalue weighted by atomic mass is 16.5. The molecule has 2 rings (SSSR count). The van der Waals surface area contributed by atoms with Crippen molar-refractivity contribution in [3.05, 3.63) is 12.2 Å². The Morgan fingerprint density at radius 1 is 1.05 bits per heavy atom. The molecule has 0 amide bonds. The average molecular weight is 265 g/mol. The number of nitrogens with zero attached hydrogens (tertiary/aromatic N) is 1. The molecule has 0 spiro atoms. The summed E-state index contributed by atoms with van der Waals surface area (Å²) < 4.78 is 5.65. The van der Waals surface area contributed by atoms with Gasteiger partial charge in [-0.15, -0.1) is 0 Å². The van der Waals surface area contributed by atoms with Crippen LogP contribution < -0.4 is 0 Å². The minimum atomic E-state index is 0.398. The van der Waals surface area contributed by atoms with Crippen LogP contribution in [0.4, 0.5) is 0 Å². The van der Waals surface area contributed by atoms with Crippen molar-refractivity contribution in [3.63, 3.8) is 0 Å². The van der Waals surface area contributed by atoms with Crippen molar-refractivity contribution in [2.24, 2.45) is 11.8 Å². The molecule has 0 saturated carbocycles. The molecule has 0 radical (unpaired) electrons. The first-order valence-corrected chi connectivity index (χ1v) is 8.26. The van der Waals surface area contributed by atoms with Crippen LogP contribution in [0.2, 0.25) is 0 Å². The van der Waals surface area contributed by atoms with Gasteiger partial charge in [-0.2, -0.15) is 0 Å². The van der Waals surface area contributed by atoms with Crippen LogP contribution in [0.1, 0.15) is 51.9 Å². The molecule has 1 heterocycles. The van der Waals surface area contributed by atoms with E-state index >= 15 is 0 Å². The highest BCUT2D eigenvalue weighted by Crippen LogP contribution is 2.27. The minimum absolute atomic E-state index is 0.398. The van der Waals surface area contributed by atoms with E-state index in [0.29, 0.717) is 6.10 Å². The molecule has 0 aromatic heterocycles. The fourth-order valence-electron chi connectivity index (χ4n) is 3.46. The maximum atomic E-state index is 5.65. The molecule has 1 aliphatic carbocycles. The Hall–Kier alpha value is -0.340. The van der Waals surface area contributed by atoms with Crippen LogP contribution in [0.3, 0.4) is 0 Å². The Kier molecular flexibility index (Phi) is 6.39. The van der Waals surface area contributed by atoms with Gasteiger partial charge in [-0.1, -0.05) is 25.0 Å². The summed E-state index contributed by atoms with van der Waals surface area (Å²) in [5, 5.41) is 0. The molecule has 1 aliphatic heterocycles. The normalized spacial score (nSPS) is 29.8. The Morgan fingerprint density at radius 2 is 1.84 bits per heavy atom. The molecule has 0 bridgehead atoms. The molecule has 110 valence electrons. The molecule has 2 atom stereocenters. The van der Waals surface area contributed by atoms with Gasteiger partial charge in [0.25, 0.3) is 0 Å². The lowest BCUT2D eigenvalue weighted by molar-refractivity contribution is 0.0810. The quantitative estimate of drug-likeness (QED) is 0.676. The Bertz CT molecular complexity index is 268. The lowest BCUT2D eigenvalue weighted by atomic mass is 9.86. The zero-order chi connectivity index (χ0) is 13.5. The van der Waals surface area contributed by atoms with E-state index in [1.807, 2.05) is 0 Å². The smallest absolute Gasteiger partial charge is 0.0755 e. The first kappa shape index (κ1) is 15.1. The van der Waals surface area contributed by atoms with E-state index in [2.05, 4.69) is 31.0 Å². The number of allylic oxidation sites excluding steroid dienone is 1. The number of ether oxygens (including phenoxy) is 1. The molecule has 2 aliphatic rings. The van der Waals surface area contributed by atoms with Crippen molar-refractivity contribution < 1.29 is 4.74 Å². The van der Waals surface area contributed by atoms with Crippen LogP contribution in [0.15, 0.2) is 12.2 Å². The third-order valence-corrected chi connectivity index (χ3v) is 4.83. The monoisotopic (exact) mass is 265 g/mol. The maximum absolute atomic E-state index is 5.65. The zero-order valence-electron chi connectivity index (χ0n) is 12.8. The molecule has 2 nitrogen and oxygen atoms in total. The molecule has 2 unspecified atom stereocenters. The van der Waals surface area contributed by atoms with Gasteiger partial charge in [-0.25, -0.2) is 0 Å². The number of piperidine rings is 1. The topological polar surface area (TPSA) is 12.5 Å². The summed E-state index contributed by atoms with van der Waals surface area (Å²) in [6, 6.07) is 0. The third-order valence-electron chi connectivity index (χ3n) is 4.83. The Morgan fingerprint density at radius 3 is 2.47 bits per heavy atom. The van der Waals surface area contributed by atoms with Crippen molar-refractivity contribution >= 4 is 0 Å². The number of hydrogen-bond donors (Lipinski definition) is 0. The SMILES string of the molecule is CCOC1C=CC(CCCC2CCN(C)CC2)CC1. The van der Waals surface area contributed by atoms with Crippen LogP contribution in [-0.4, -0.2) is 37.7 Å². The summed E-state index contributed by atoms with van der Waals surface area (Å²) in [6.45, 7) is 5.55. The highest BCUT2D eigenvalue weighted by molar-refractivity contribution is 4.99. The highest BCUT2D eigenvalue weighted by Gasteiger charge is 2.18. The van der Waals surface area contributed by atoms with E-state index in [1.54, 1.807) is 0 Å². The second kappa shape index (κ2) is 8.06. The van der Waals surface area contributed by atoms with Gasteiger partial charge in [0, 0.05) is 6.61 Å². The van der Waals surface area contributed by atoms with Crippen LogP contribution in [-0.2, 0) is 4.74 Å². The molecule has 19 heavy (non-hydrogen) atoms. The molecule has 2 heteroatoms. The van der Waals surface area contributed by atoms with E-state index in [9.17, 15) is 0 Å². The minimum Gasteiger partial charge on any atom is -0.374 e. The van der Waals surface area contributed by atoms with Crippen molar-refractivity contribution in [1.82, 2.24) is 4.90 Å². The molecular formula is C17H31NO. The Labute approximate surface area is 119 Å². The molecule has 0 aromatic carbocycles. The van der Waals surface area contributed by atoms with Gasteiger partial charge in [-0.05, 0) is 71.0 Å². The van der Waals surface area contributed by atoms with E-state index in [-0.39, 0.29) is 0 Å². The van der Waals surface area contributed by atoms with Crippen LogP contribution in [0.25, 0.3) is 0 Å². The van der Waals surface area contributed by atoms with E-state index in [4.69, 9.17) is 4.74 Å². The third kappa shape index (κ3) is 5.27. The van der Waals surface area contributed by atoms with Gasteiger partial charge >= 0.3 is 0 Å². The van der Waals surface area contributed by atoms with Crippen molar-refractivity contribution in [2.45, 2.75) is 58.0 Å². The first-order valence-electron chi connectivity index (χ1n) is 8.26. The van der Waals surface area contributed by atoms with E-state index < -0.39 is 0 Å². The number of rotatable bonds is 6. The zero-order valence-corrected chi connectivity index (χ0v) is 12.8. The summed E-state index contributed by atoms with van der Waals surface area (Å²) in [4.78, 5) is 2.47. The number of hydrogen-bond acceptors (Lipinski definition) is 2. The summed E-state index contributed by atoms with van der Waals surface area (Å²) in [7, 11) is 2.25. The van der Waals surface area contributed by atoms with Crippen LogP contribution >= 0.6 is 0 Å². The lowest BCUT2D eigenvalue weighted by Crippen LogP contribution is -2.30. The summed E-state index contributed by atoms with van der Waals surface area (Å²) in [6.07, 6.45) is 14.8. The largest absolute Gasteiger partial charge is 0.374 e. The maximum Gasteiger partial charge on any atom is 0.0755 e. The molecule has 1 saturated heterocycles. The van der Waals surface area contributed by atoms with Crippen LogP contribution in [0, 0.1) is 11.8 Å². The summed E-state index contributed by atoms with van der Waals surface area (Å²) in [5.41, 5.74) is 0. The van der Waals surface area contributed by atoms with Crippen molar-refractivity contribution in [1.29, 1.82) is 0 Å². The molecule has 0 aromatic rings. The van der Waals surface area contributed by atoms with Gasteiger partial charge in [-0.3, -0.25) is 0 Å². The van der Waals surface area contributed by atoms with Crippen molar-refractivity contribution in [3.8, 4) is 0 Å².